The van der Waals surface area contributed by atoms with E-state index in [1.165, 1.54) is 11.8 Å². The number of aliphatic carboxylic acids is 1. The summed E-state index contributed by atoms with van der Waals surface area (Å²) in [5.74, 6) is -9.06. The maximum atomic E-state index is 13.6. The number of hydrogen-bond acceptors (Lipinski definition) is 14. The predicted octanol–water partition coefficient (Wildman–Crippen LogP) is 0.802. The monoisotopic (exact) mass is 948 g/mol. The van der Waals surface area contributed by atoms with Crippen molar-refractivity contribution in [1.82, 2.24) is 26.2 Å². The smallest absolute Gasteiger partial charge is 0.306 e. The molecule has 0 saturated carbocycles. The van der Waals surface area contributed by atoms with Gasteiger partial charge < -0.3 is 47.8 Å². The fourth-order valence-electron chi connectivity index (χ4n) is 8.58. The van der Waals surface area contributed by atoms with Gasteiger partial charge in [-0.05, 0) is 70.3 Å². The Bertz CT molecular complexity index is 1760. The average Bonchev–Trinajstić information content (AvgIpc) is 3.95. The molecule has 9 atom stereocenters. The van der Waals surface area contributed by atoms with Crippen molar-refractivity contribution < 1.29 is 63.0 Å². The Hall–Kier alpha value is -4.95. The lowest BCUT2D eigenvalue weighted by molar-refractivity contribution is -0.145. The van der Waals surface area contributed by atoms with Gasteiger partial charge in [0, 0.05) is 76.3 Å². The zero-order valence-electron chi connectivity index (χ0n) is 40.1. The molecule has 2 heterocycles. The van der Waals surface area contributed by atoms with Crippen molar-refractivity contribution in [2.45, 2.75) is 174 Å². The number of likely N-dealkylation sites (tertiary alicyclic amines) is 1. The van der Waals surface area contributed by atoms with Crippen LogP contribution in [0.15, 0.2) is 0 Å². The number of nitrogens with two attached hydrogens (primary N) is 2. The molecule has 0 aromatic rings. The van der Waals surface area contributed by atoms with Gasteiger partial charge in [0.15, 0.2) is 23.1 Å². The van der Waals surface area contributed by atoms with Crippen LogP contribution >= 0.6 is 0 Å². The first-order valence-electron chi connectivity index (χ1n) is 24.0. The third kappa shape index (κ3) is 20.8. The van der Waals surface area contributed by atoms with Crippen molar-refractivity contribution in [2.75, 3.05) is 26.2 Å². The Balaban J connectivity index is 1.98. The summed E-state index contributed by atoms with van der Waals surface area (Å²) in [6.45, 7) is 9.31. The molecule has 2 aliphatic heterocycles. The van der Waals surface area contributed by atoms with E-state index in [4.69, 9.17) is 11.5 Å². The molecular formula is C47H77N7O13. The van der Waals surface area contributed by atoms with E-state index in [9.17, 15) is 63.0 Å². The highest BCUT2D eigenvalue weighted by molar-refractivity contribution is 5.97. The summed E-state index contributed by atoms with van der Waals surface area (Å²) < 4.78 is 0. The number of rotatable bonds is 34. The standard InChI is InChI=1S/C47H77N7O13/c1-6-28(4)34(24-40(59)35(12-15-42(49)61)53-43(62)16-13-39(58)36-23-33(56)25-50-36)46(65)51-26-32(55)21-31(20-27(2)3)45(64)52-29(5)38(57)14-17-44(63)54-19-9-11-37(54)41(60)22-30(47(66)67)10-7-8-18-48/h27-31,33-37,50,56H,6-26,48H2,1-5H3,(H2,49,61)(H,51,65)(H,52,64)(H,53,62)(H,66,67)/t28?,29-,30+,31+,33+,34-,35-,36-,37-/m0/s1. The summed E-state index contributed by atoms with van der Waals surface area (Å²) in [7, 11) is 0. The zero-order chi connectivity index (χ0) is 50.4. The highest BCUT2D eigenvalue weighted by Crippen LogP contribution is 2.25. The van der Waals surface area contributed by atoms with Crippen molar-refractivity contribution in [3.8, 4) is 0 Å². The van der Waals surface area contributed by atoms with Gasteiger partial charge in [0.25, 0.3) is 0 Å². The number of nitrogens with zero attached hydrogens (tertiary/aromatic N) is 1. The van der Waals surface area contributed by atoms with Gasteiger partial charge in [-0.15, -0.1) is 0 Å². The van der Waals surface area contributed by atoms with Crippen LogP contribution < -0.4 is 32.7 Å². The van der Waals surface area contributed by atoms with E-state index < -0.39 is 107 Å². The number of aliphatic hydroxyl groups excluding tert-OH is 1. The van der Waals surface area contributed by atoms with Crippen LogP contribution in [0, 0.1) is 29.6 Å². The summed E-state index contributed by atoms with van der Waals surface area (Å²) >= 11 is 0. The molecule has 2 aliphatic rings. The molecule has 67 heavy (non-hydrogen) atoms. The molecule has 2 fully saturated rings. The fourth-order valence-corrected chi connectivity index (χ4v) is 8.58. The first-order valence-corrected chi connectivity index (χ1v) is 24.0. The molecule has 5 amide bonds. The van der Waals surface area contributed by atoms with E-state index in [1.807, 2.05) is 20.8 Å². The first kappa shape index (κ1) is 58.2. The largest absolute Gasteiger partial charge is 0.481 e. The number of carbonyl (C=O) groups is 11. The van der Waals surface area contributed by atoms with Crippen molar-refractivity contribution >= 4 is 64.4 Å². The van der Waals surface area contributed by atoms with Crippen molar-refractivity contribution in [3.63, 3.8) is 0 Å². The van der Waals surface area contributed by atoms with Crippen LogP contribution in [0.25, 0.3) is 0 Å². The number of ketones is 5. The highest BCUT2D eigenvalue weighted by Gasteiger charge is 2.37. The number of nitrogens with one attached hydrogen (secondary N) is 4. The number of β-amino-alcohol motifs (C(OH)–C–C–N with tert-alkyl or cyclic N) is 1. The van der Waals surface area contributed by atoms with Gasteiger partial charge in [-0.25, -0.2) is 0 Å². The lowest BCUT2D eigenvalue weighted by Gasteiger charge is -2.25. The molecule has 0 spiro atoms. The van der Waals surface area contributed by atoms with E-state index in [2.05, 4.69) is 21.3 Å². The van der Waals surface area contributed by atoms with Crippen LogP contribution in [0.5, 0.6) is 0 Å². The predicted molar refractivity (Wildman–Crippen MR) is 245 cm³/mol. The summed E-state index contributed by atoms with van der Waals surface area (Å²) in [5, 5.41) is 30.1. The highest BCUT2D eigenvalue weighted by atomic mass is 16.4. The van der Waals surface area contributed by atoms with Gasteiger partial charge in [0.05, 0.1) is 42.7 Å². The Kier molecular flexibility index (Phi) is 25.8. The molecule has 10 N–H and O–H groups in total. The topological polar surface area (TPSA) is 332 Å². The van der Waals surface area contributed by atoms with Crippen molar-refractivity contribution in [2.24, 2.45) is 41.1 Å². The van der Waals surface area contributed by atoms with Crippen molar-refractivity contribution in [3.05, 3.63) is 0 Å². The van der Waals surface area contributed by atoms with Crippen LogP contribution in [0.1, 0.15) is 144 Å². The number of primary amides is 1. The molecule has 1 unspecified atom stereocenters. The van der Waals surface area contributed by atoms with Crippen LogP contribution in [0.2, 0.25) is 0 Å². The molecule has 0 aromatic heterocycles. The van der Waals surface area contributed by atoms with Gasteiger partial charge >= 0.3 is 5.97 Å². The normalized spacial score (nSPS) is 19.6. The number of aliphatic hydroxyl groups is 1. The Morgan fingerprint density at radius 2 is 1.49 bits per heavy atom. The molecule has 0 radical (unpaired) electrons. The number of carboxylic acid groups (broad SMARTS) is 1. The summed E-state index contributed by atoms with van der Waals surface area (Å²) in [5.41, 5.74) is 10.8. The van der Waals surface area contributed by atoms with Crippen LogP contribution in [0.3, 0.4) is 0 Å². The maximum Gasteiger partial charge on any atom is 0.306 e. The Morgan fingerprint density at radius 3 is 2.09 bits per heavy atom. The van der Waals surface area contributed by atoms with E-state index in [1.54, 1.807) is 6.92 Å². The molecule has 0 bridgehead atoms. The number of amides is 5. The molecule has 20 nitrogen and oxygen atoms in total. The minimum Gasteiger partial charge on any atom is -0.481 e. The van der Waals surface area contributed by atoms with Gasteiger partial charge in [0.2, 0.25) is 29.5 Å². The number of Topliss-reactive ketones (excluding diaryl/α,β-unsaturated/α-hetero) is 5. The van der Waals surface area contributed by atoms with E-state index in [0.29, 0.717) is 51.6 Å². The molecule has 2 saturated heterocycles. The van der Waals surface area contributed by atoms with E-state index in [0.717, 1.165) is 0 Å². The van der Waals surface area contributed by atoms with Crippen LogP contribution in [-0.2, 0) is 52.7 Å². The third-order valence-electron chi connectivity index (χ3n) is 12.8. The van der Waals surface area contributed by atoms with Crippen LogP contribution in [0.4, 0.5) is 0 Å². The Morgan fingerprint density at radius 1 is 0.791 bits per heavy atom. The second kappa shape index (κ2) is 29.7. The van der Waals surface area contributed by atoms with E-state index >= 15 is 0 Å². The first-order chi connectivity index (χ1) is 31.6. The molecule has 0 aromatic carbocycles. The number of unbranched alkanes of at least 4 members (excludes halogenated alkanes) is 1. The second-order valence-electron chi connectivity index (χ2n) is 18.8. The number of carboxylic acids is 1. The quantitative estimate of drug-likeness (QED) is 0.0414. The molecule has 20 heteroatoms. The third-order valence-corrected chi connectivity index (χ3v) is 12.8. The van der Waals surface area contributed by atoms with Crippen molar-refractivity contribution in [1.29, 1.82) is 0 Å². The fraction of sp³-hybridized carbons (Fsp3) is 0.766. The summed E-state index contributed by atoms with van der Waals surface area (Å²) in [4.78, 5) is 144. The zero-order valence-corrected chi connectivity index (χ0v) is 40.1. The van der Waals surface area contributed by atoms with Crippen LogP contribution in [-0.4, -0.2) is 136 Å². The molecule has 2 rings (SSSR count). The number of carbonyl (C=O) groups excluding carboxylic acids is 10. The minimum absolute atomic E-state index is 0.0304. The van der Waals surface area contributed by atoms with Gasteiger partial charge in [-0.2, -0.15) is 0 Å². The second-order valence-corrected chi connectivity index (χ2v) is 18.8. The molecular weight excluding hydrogens is 871 g/mol. The number of hydrogen-bond donors (Lipinski definition) is 8. The lowest BCUT2D eigenvalue weighted by Crippen LogP contribution is -2.45. The van der Waals surface area contributed by atoms with E-state index in [-0.39, 0.29) is 101 Å². The Labute approximate surface area is 394 Å². The average molecular weight is 948 g/mol. The lowest BCUT2D eigenvalue weighted by atomic mass is 9.84. The molecule has 378 valence electrons. The SMILES string of the molecule is CCC(C)[C@H](CC(=O)[C@H](CCC(N)=O)NC(=O)CCC(=O)[C@@H]1C[C@@H](O)CN1)C(=O)NCC(=O)C[C@@H](CC(C)C)C(=O)N[C@@H](C)C(=O)CCC(=O)N1CCC[C@H]1C(=O)C[C@@H](CCCCN)C(=O)O. The van der Waals surface area contributed by atoms with Gasteiger partial charge in [-0.3, -0.25) is 52.7 Å². The maximum absolute atomic E-state index is 13.6. The summed E-state index contributed by atoms with van der Waals surface area (Å²) in [6.07, 6.45) is 0.826. The minimum atomic E-state index is -1.18. The van der Waals surface area contributed by atoms with Gasteiger partial charge in [-0.1, -0.05) is 40.5 Å². The molecule has 0 aliphatic carbocycles. The summed E-state index contributed by atoms with van der Waals surface area (Å²) in [6, 6.07) is -3.53. The van der Waals surface area contributed by atoms with Gasteiger partial charge in [0.1, 0.15) is 5.78 Å².